The van der Waals surface area contributed by atoms with Gasteiger partial charge in [-0.25, -0.2) is 0 Å². The van der Waals surface area contributed by atoms with Gasteiger partial charge in [-0.3, -0.25) is 4.68 Å². The fourth-order valence-corrected chi connectivity index (χ4v) is 3.48. The second-order valence-corrected chi connectivity index (χ2v) is 5.84. The van der Waals surface area contributed by atoms with Crippen LogP contribution < -0.4 is 5.32 Å². The van der Waals surface area contributed by atoms with Crippen molar-refractivity contribution < 1.29 is 0 Å². The van der Waals surface area contributed by atoms with E-state index < -0.39 is 0 Å². The number of hydrogen-bond acceptors (Lipinski definition) is 2. The van der Waals surface area contributed by atoms with Crippen LogP contribution in [0.1, 0.15) is 37.1 Å². The number of hydrogen-bond donors (Lipinski definition) is 1. The average molecular weight is 290 g/mol. The SMILES string of the molecule is CCn1ncc(Cl)c1C(NC)C1(c2ccccc2)CC1. The normalized spacial score (nSPS) is 17.9. The lowest BCUT2D eigenvalue weighted by Crippen LogP contribution is -2.32. The van der Waals surface area contributed by atoms with Crippen LogP contribution in [0.25, 0.3) is 0 Å². The summed E-state index contributed by atoms with van der Waals surface area (Å²) in [5.41, 5.74) is 2.66. The molecule has 1 fully saturated rings. The van der Waals surface area contributed by atoms with Gasteiger partial charge in [0.15, 0.2) is 0 Å². The van der Waals surface area contributed by atoms with Crippen molar-refractivity contribution in [3.05, 3.63) is 52.8 Å². The summed E-state index contributed by atoms with van der Waals surface area (Å²) in [6.07, 6.45) is 4.13. The van der Waals surface area contributed by atoms with Crippen LogP contribution in [0.2, 0.25) is 5.02 Å². The summed E-state index contributed by atoms with van der Waals surface area (Å²) < 4.78 is 2.01. The Balaban J connectivity index is 2.04. The third-order valence-corrected chi connectivity index (χ3v) is 4.68. The van der Waals surface area contributed by atoms with E-state index in [9.17, 15) is 0 Å². The Kier molecular flexibility index (Phi) is 3.57. The van der Waals surface area contributed by atoms with Crippen LogP contribution in [0.15, 0.2) is 36.5 Å². The van der Waals surface area contributed by atoms with Crippen LogP contribution in [-0.2, 0) is 12.0 Å². The predicted molar refractivity (Wildman–Crippen MR) is 82.1 cm³/mol. The Labute approximate surface area is 124 Å². The molecule has 4 heteroatoms. The Morgan fingerprint density at radius 2 is 2.05 bits per heavy atom. The highest BCUT2D eigenvalue weighted by molar-refractivity contribution is 6.31. The molecule has 1 unspecified atom stereocenters. The van der Waals surface area contributed by atoms with Gasteiger partial charge in [-0.2, -0.15) is 5.10 Å². The highest BCUT2D eigenvalue weighted by atomic mass is 35.5. The highest BCUT2D eigenvalue weighted by Crippen LogP contribution is 2.57. The molecule has 3 nitrogen and oxygen atoms in total. The first-order valence-corrected chi connectivity index (χ1v) is 7.54. The van der Waals surface area contributed by atoms with Gasteiger partial charge in [0.05, 0.1) is 23.0 Å². The number of halogens is 1. The van der Waals surface area contributed by atoms with Crippen molar-refractivity contribution in [2.75, 3.05) is 7.05 Å². The number of rotatable bonds is 5. The van der Waals surface area contributed by atoms with E-state index in [0.29, 0.717) is 0 Å². The molecule has 1 atom stereocenters. The molecule has 1 aliphatic rings. The number of benzene rings is 1. The van der Waals surface area contributed by atoms with E-state index in [4.69, 9.17) is 11.6 Å². The molecule has 1 aromatic carbocycles. The Morgan fingerprint density at radius 1 is 1.35 bits per heavy atom. The Morgan fingerprint density at radius 3 is 2.60 bits per heavy atom. The van der Waals surface area contributed by atoms with Gasteiger partial charge in [0, 0.05) is 12.0 Å². The van der Waals surface area contributed by atoms with Crippen molar-refractivity contribution in [2.45, 2.75) is 37.8 Å². The third-order valence-electron chi connectivity index (χ3n) is 4.38. The van der Waals surface area contributed by atoms with E-state index in [1.54, 1.807) is 6.20 Å². The van der Waals surface area contributed by atoms with Gasteiger partial charge in [0.25, 0.3) is 0 Å². The van der Waals surface area contributed by atoms with E-state index >= 15 is 0 Å². The molecule has 106 valence electrons. The van der Waals surface area contributed by atoms with E-state index in [2.05, 4.69) is 47.7 Å². The van der Waals surface area contributed by atoms with E-state index in [0.717, 1.165) is 17.3 Å². The Hall–Kier alpha value is -1.32. The van der Waals surface area contributed by atoms with E-state index in [-0.39, 0.29) is 11.5 Å². The lowest BCUT2D eigenvalue weighted by atomic mass is 9.86. The predicted octanol–water partition coefficient (Wildman–Crippen LogP) is 3.55. The summed E-state index contributed by atoms with van der Waals surface area (Å²) in [5, 5.41) is 8.62. The summed E-state index contributed by atoms with van der Waals surface area (Å²) in [5.74, 6) is 0. The number of aryl methyl sites for hydroxylation is 1. The van der Waals surface area contributed by atoms with Gasteiger partial charge in [-0.05, 0) is 32.4 Å². The quantitative estimate of drug-likeness (QED) is 0.912. The van der Waals surface area contributed by atoms with Crippen LogP contribution in [0.4, 0.5) is 0 Å². The summed E-state index contributed by atoms with van der Waals surface area (Å²) in [7, 11) is 2.01. The summed E-state index contributed by atoms with van der Waals surface area (Å²) >= 11 is 6.40. The van der Waals surface area contributed by atoms with Crippen molar-refractivity contribution in [1.29, 1.82) is 0 Å². The average Bonchev–Trinajstić information content (AvgIpc) is 3.21. The van der Waals surface area contributed by atoms with Crippen molar-refractivity contribution in [1.82, 2.24) is 15.1 Å². The Bertz CT molecular complexity index is 587. The van der Waals surface area contributed by atoms with Gasteiger partial charge in [0.1, 0.15) is 0 Å². The van der Waals surface area contributed by atoms with Gasteiger partial charge in [-0.1, -0.05) is 41.9 Å². The zero-order valence-corrected chi connectivity index (χ0v) is 12.7. The first-order chi connectivity index (χ1) is 9.73. The topological polar surface area (TPSA) is 29.9 Å². The maximum atomic E-state index is 6.40. The molecular weight excluding hydrogens is 270 g/mol. The maximum absolute atomic E-state index is 6.40. The van der Waals surface area contributed by atoms with Crippen LogP contribution in [0.3, 0.4) is 0 Å². The van der Waals surface area contributed by atoms with Crippen LogP contribution in [0, 0.1) is 0 Å². The fraction of sp³-hybridized carbons (Fsp3) is 0.438. The molecule has 0 aliphatic heterocycles. The molecule has 1 aliphatic carbocycles. The molecule has 3 rings (SSSR count). The van der Waals surface area contributed by atoms with Crippen molar-refractivity contribution in [3.63, 3.8) is 0 Å². The van der Waals surface area contributed by atoms with E-state index in [1.165, 1.54) is 18.4 Å². The summed E-state index contributed by atoms with van der Waals surface area (Å²) in [6.45, 7) is 2.94. The number of likely N-dealkylation sites (N-methyl/N-ethyl adjacent to an activating group) is 1. The number of nitrogens with one attached hydrogen (secondary N) is 1. The van der Waals surface area contributed by atoms with Crippen LogP contribution >= 0.6 is 11.6 Å². The maximum Gasteiger partial charge on any atom is 0.0834 e. The molecule has 1 N–H and O–H groups in total. The molecule has 1 aromatic heterocycles. The minimum absolute atomic E-state index is 0.159. The molecule has 0 saturated heterocycles. The summed E-state index contributed by atoms with van der Waals surface area (Å²) in [6, 6.07) is 10.9. The zero-order valence-electron chi connectivity index (χ0n) is 11.9. The first kappa shape index (κ1) is 13.7. The molecule has 2 aromatic rings. The lowest BCUT2D eigenvalue weighted by molar-refractivity contribution is 0.425. The number of nitrogens with zero attached hydrogens (tertiary/aromatic N) is 2. The van der Waals surface area contributed by atoms with Gasteiger partial charge in [-0.15, -0.1) is 0 Å². The monoisotopic (exact) mass is 289 g/mol. The molecule has 20 heavy (non-hydrogen) atoms. The molecular formula is C16H20ClN3. The van der Waals surface area contributed by atoms with Gasteiger partial charge < -0.3 is 5.32 Å². The van der Waals surface area contributed by atoms with Crippen molar-refractivity contribution in [2.24, 2.45) is 0 Å². The standard InChI is InChI=1S/C16H20ClN3/c1-3-20-14(13(17)11-19-20)15(18-2)16(9-10-16)12-7-5-4-6-8-12/h4-8,11,15,18H,3,9-10H2,1-2H3. The highest BCUT2D eigenvalue weighted by Gasteiger charge is 2.52. The fourth-order valence-electron chi connectivity index (χ4n) is 3.23. The molecule has 1 heterocycles. The molecule has 0 amide bonds. The van der Waals surface area contributed by atoms with E-state index in [1.807, 2.05) is 11.7 Å². The first-order valence-electron chi connectivity index (χ1n) is 7.17. The van der Waals surface area contributed by atoms with Gasteiger partial charge >= 0.3 is 0 Å². The molecule has 0 spiro atoms. The molecule has 0 radical (unpaired) electrons. The summed E-state index contributed by atoms with van der Waals surface area (Å²) in [4.78, 5) is 0. The smallest absolute Gasteiger partial charge is 0.0834 e. The zero-order chi connectivity index (χ0) is 14.2. The number of aromatic nitrogens is 2. The van der Waals surface area contributed by atoms with Crippen LogP contribution in [0.5, 0.6) is 0 Å². The van der Waals surface area contributed by atoms with Gasteiger partial charge in [0.2, 0.25) is 0 Å². The second kappa shape index (κ2) is 5.23. The van der Waals surface area contributed by atoms with Crippen LogP contribution in [-0.4, -0.2) is 16.8 Å². The minimum Gasteiger partial charge on any atom is -0.311 e. The minimum atomic E-state index is 0.159. The lowest BCUT2D eigenvalue weighted by Gasteiger charge is -2.28. The van der Waals surface area contributed by atoms with Crippen molar-refractivity contribution >= 4 is 11.6 Å². The third kappa shape index (κ3) is 2.05. The molecule has 1 saturated carbocycles. The largest absolute Gasteiger partial charge is 0.311 e. The van der Waals surface area contributed by atoms with Crippen molar-refractivity contribution in [3.8, 4) is 0 Å². The molecule has 0 bridgehead atoms. The second-order valence-electron chi connectivity index (χ2n) is 5.44.